The van der Waals surface area contributed by atoms with Crippen LogP contribution in [0.15, 0.2) is 54.6 Å². The second kappa shape index (κ2) is 8.55. The molecule has 0 unspecified atom stereocenters. The summed E-state index contributed by atoms with van der Waals surface area (Å²) in [6.07, 6.45) is 0. The molecule has 1 aliphatic heterocycles. The van der Waals surface area contributed by atoms with Crippen LogP contribution in [0.3, 0.4) is 0 Å². The second-order valence-electron chi connectivity index (χ2n) is 5.76. The van der Waals surface area contributed by atoms with Crippen molar-refractivity contribution >= 4 is 34.8 Å². The minimum absolute atomic E-state index is 0.0452. The maximum atomic E-state index is 12.5. The molecule has 0 bridgehead atoms. The summed E-state index contributed by atoms with van der Waals surface area (Å²) in [6, 6.07) is 15.9. The maximum absolute atomic E-state index is 12.5. The molecule has 1 saturated heterocycles. The quantitative estimate of drug-likeness (QED) is 0.813. The lowest BCUT2D eigenvalue weighted by molar-refractivity contribution is 0.0303. The summed E-state index contributed by atoms with van der Waals surface area (Å²) in [5, 5.41) is 5.75. The van der Waals surface area contributed by atoms with E-state index in [0.717, 1.165) is 0 Å². The normalized spacial score (nSPS) is 13.8. The summed E-state index contributed by atoms with van der Waals surface area (Å²) < 4.78 is 5.27. The highest BCUT2D eigenvalue weighted by Gasteiger charge is 2.18. The van der Waals surface area contributed by atoms with Crippen molar-refractivity contribution in [3.63, 3.8) is 0 Å². The molecule has 26 heavy (non-hydrogen) atoms. The molecule has 3 rings (SSSR count). The van der Waals surface area contributed by atoms with Gasteiger partial charge >= 0.3 is 0 Å². The van der Waals surface area contributed by atoms with Crippen molar-refractivity contribution in [2.75, 3.05) is 31.6 Å². The number of hydrogen-bond acceptors (Lipinski definition) is 4. The van der Waals surface area contributed by atoms with E-state index in [4.69, 9.17) is 17.0 Å². The Balaban J connectivity index is 1.62. The Labute approximate surface area is 157 Å². The molecule has 6 nitrogen and oxygen atoms in total. The van der Waals surface area contributed by atoms with Gasteiger partial charge in [0.2, 0.25) is 0 Å². The van der Waals surface area contributed by atoms with E-state index in [-0.39, 0.29) is 16.9 Å². The topological polar surface area (TPSA) is 70.7 Å². The maximum Gasteiger partial charge on any atom is 0.257 e. The van der Waals surface area contributed by atoms with Crippen LogP contribution in [-0.2, 0) is 4.74 Å². The van der Waals surface area contributed by atoms with Crippen LogP contribution in [0, 0.1) is 0 Å². The molecule has 0 atom stereocenters. The molecule has 1 fully saturated rings. The Morgan fingerprint density at radius 3 is 2.38 bits per heavy atom. The molecule has 0 aromatic heterocycles. The molecule has 7 heteroatoms. The van der Waals surface area contributed by atoms with E-state index in [1.165, 1.54) is 0 Å². The Morgan fingerprint density at radius 1 is 0.962 bits per heavy atom. The zero-order chi connectivity index (χ0) is 18.4. The first kappa shape index (κ1) is 18.0. The third-order valence-corrected chi connectivity index (χ3v) is 4.13. The summed E-state index contributed by atoms with van der Waals surface area (Å²) in [4.78, 5) is 26.4. The van der Waals surface area contributed by atoms with Crippen LogP contribution in [0.2, 0.25) is 0 Å². The zero-order valence-corrected chi connectivity index (χ0v) is 14.9. The molecule has 1 heterocycles. The van der Waals surface area contributed by atoms with E-state index in [9.17, 15) is 9.59 Å². The zero-order valence-electron chi connectivity index (χ0n) is 14.1. The molecule has 0 saturated carbocycles. The van der Waals surface area contributed by atoms with Gasteiger partial charge in [-0.25, -0.2) is 0 Å². The lowest BCUT2D eigenvalue weighted by Gasteiger charge is -2.27. The number of carbonyl (C=O) groups is 2. The van der Waals surface area contributed by atoms with Crippen molar-refractivity contribution in [1.29, 1.82) is 0 Å². The van der Waals surface area contributed by atoms with E-state index in [1.807, 2.05) is 6.07 Å². The fraction of sp³-hybridized carbons (Fsp3) is 0.211. The average Bonchev–Trinajstić information content (AvgIpc) is 2.69. The molecule has 0 radical (unpaired) electrons. The molecular weight excluding hydrogens is 350 g/mol. The van der Waals surface area contributed by atoms with Crippen LogP contribution in [0.1, 0.15) is 20.7 Å². The monoisotopic (exact) mass is 369 g/mol. The molecule has 0 aliphatic carbocycles. The fourth-order valence-electron chi connectivity index (χ4n) is 2.61. The smallest absolute Gasteiger partial charge is 0.257 e. The number of hydrogen-bond donors (Lipinski definition) is 2. The minimum Gasteiger partial charge on any atom is -0.378 e. The number of anilines is 1. The van der Waals surface area contributed by atoms with Gasteiger partial charge in [0.1, 0.15) is 0 Å². The lowest BCUT2D eigenvalue weighted by atomic mass is 10.1. The Bertz CT molecular complexity index is 805. The molecule has 2 amide bonds. The van der Waals surface area contributed by atoms with E-state index >= 15 is 0 Å². The van der Waals surface area contributed by atoms with E-state index in [2.05, 4.69) is 10.6 Å². The number of rotatable bonds is 3. The van der Waals surface area contributed by atoms with Gasteiger partial charge < -0.3 is 15.0 Å². The van der Waals surface area contributed by atoms with Crippen molar-refractivity contribution in [3.05, 3.63) is 65.7 Å². The summed E-state index contributed by atoms with van der Waals surface area (Å²) in [5.74, 6) is -0.333. The Hall–Kier alpha value is -2.77. The summed E-state index contributed by atoms with van der Waals surface area (Å²) in [7, 11) is 0. The van der Waals surface area contributed by atoms with Crippen molar-refractivity contribution < 1.29 is 14.3 Å². The van der Waals surface area contributed by atoms with E-state index in [1.54, 1.807) is 53.4 Å². The number of carbonyl (C=O) groups excluding carboxylic acids is 2. The fourth-order valence-corrected chi connectivity index (χ4v) is 2.82. The lowest BCUT2D eigenvalue weighted by Crippen LogP contribution is -2.40. The highest BCUT2D eigenvalue weighted by Crippen LogP contribution is 2.14. The molecule has 2 aromatic carbocycles. The van der Waals surface area contributed by atoms with Crippen LogP contribution in [0.25, 0.3) is 0 Å². The summed E-state index contributed by atoms with van der Waals surface area (Å²) >= 11 is 5.19. The standard InChI is InChI=1S/C19H19N3O3S/c23-17(14-5-2-1-3-6-14)21-19(26)20-16-8-4-7-15(13-16)18(24)22-9-11-25-12-10-22/h1-8,13H,9-12H2,(H2,20,21,23,26). The van der Waals surface area contributed by atoms with Crippen molar-refractivity contribution in [3.8, 4) is 0 Å². The molecule has 134 valence electrons. The molecule has 2 aromatic rings. The number of morpholine rings is 1. The predicted molar refractivity (Wildman–Crippen MR) is 103 cm³/mol. The average molecular weight is 369 g/mol. The van der Waals surface area contributed by atoms with Crippen molar-refractivity contribution in [1.82, 2.24) is 10.2 Å². The second-order valence-corrected chi connectivity index (χ2v) is 6.17. The summed E-state index contributed by atoms with van der Waals surface area (Å²) in [6.45, 7) is 2.28. The van der Waals surface area contributed by atoms with Gasteiger partial charge in [-0.05, 0) is 42.5 Å². The van der Waals surface area contributed by atoms with Crippen LogP contribution in [0.4, 0.5) is 5.69 Å². The number of thiocarbonyl (C=S) groups is 1. The first-order chi connectivity index (χ1) is 12.6. The van der Waals surface area contributed by atoms with Crippen LogP contribution in [-0.4, -0.2) is 48.1 Å². The van der Waals surface area contributed by atoms with Gasteiger partial charge in [-0.1, -0.05) is 24.3 Å². The highest BCUT2D eigenvalue weighted by molar-refractivity contribution is 7.80. The van der Waals surface area contributed by atoms with Crippen LogP contribution < -0.4 is 10.6 Å². The molecule has 0 spiro atoms. The predicted octanol–water partition coefficient (Wildman–Crippen LogP) is 2.29. The van der Waals surface area contributed by atoms with E-state index in [0.29, 0.717) is 43.1 Å². The highest BCUT2D eigenvalue weighted by atomic mass is 32.1. The van der Waals surface area contributed by atoms with Gasteiger partial charge in [-0.3, -0.25) is 14.9 Å². The van der Waals surface area contributed by atoms with Gasteiger partial charge in [0.25, 0.3) is 11.8 Å². The Morgan fingerprint density at radius 2 is 1.65 bits per heavy atom. The molecule has 2 N–H and O–H groups in total. The van der Waals surface area contributed by atoms with Crippen molar-refractivity contribution in [2.45, 2.75) is 0 Å². The van der Waals surface area contributed by atoms with Crippen LogP contribution >= 0.6 is 12.2 Å². The van der Waals surface area contributed by atoms with Gasteiger partial charge in [-0.2, -0.15) is 0 Å². The van der Waals surface area contributed by atoms with E-state index < -0.39 is 0 Å². The molecular formula is C19H19N3O3S. The third kappa shape index (κ3) is 4.65. The number of nitrogens with zero attached hydrogens (tertiary/aromatic N) is 1. The number of benzene rings is 2. The SMILES string of the molecule is O=C(NC(=S)Nc1cccc(C(=O)N2CCOCC2)c1)c1ccccc1. The third-order valence-electron chi connectivity index (χ3n) is 3.93. The van der Waals surface area contributed by atoms with Crippen molar-refractivity contribution in [2.24, 2.45) is 0 Å². The summed E-state index contributed by atoms with van der Waals surface area (Å²) in [5.41, 5.74) is 1.73. The van der Waals surface area contributed by atoms with Crippen LogP contribution in [0.5, 0.6) is 0 Å². The number of nitrogens with one attached hydrogen (secondary N) is 2. The van der Waals surface area contributed by atoms with Gasteiger partial charge in [-0.15, -0.1) is 0 Å². The minimum atomic E-state index is -0.288. The Kier molecular flexibility index (Phi) is 5.93. The molecule has 1 aliphatic rings. The first-order valence-corrected chi connectivity index (χ1v) is 8.69. The van der Waals surface area contributed by atoms with Gasteiger partial charge in [0.05, 0.1) is 13.2 Å². The number of amides is 2. The number of ether oxygens (including phenoxy) is 1. The largest absolute Gasteiger partial charge is 0.378 e. The van der Waals surface area contributed by atoms with Gasteiger partial charge in [0, 0.05) is 29.9 Å². The first-order valence-electron chi connectivity index (χ1n) is 8.28. The van der Waals surface area contributed by atoms with Gasteiger partial charge in [0.15, 0.2) is 5.11 Å².